The van der Waals surface area contributed by atoms with Gasteiger partial charge < -0.3 is 14.2 Å². The maximum absolute atomic E-state index is 12.6. The van der Waals surface area contributed by atoms with E-state index in [-0.39, 0.29) is 17.0 Å². The number of phenols is 1. The van der Waals surface area contributed by atoms with Crippen molar-refractivity contribution >= 4 is 7.60 Å². The molecule has 0 spiro atoms. The summed E-state index contributed by atoms with van der Waals surface area (Å²) in [7, 11) is -0.358. The van der Waals surface area contributed by atoms with Gasteiger partial charge in [0.15, 0.2) is 0 Å². The summed E-state index contributed by atoms with van der Waals surface area (Å²) in [5.74, 6) is 0.349. The van der Waals surface area contributed by atoms with E-state index in [9.17, 15) is 9.67 Å². The van der Waals surface area contributed by atoms with Crippen LogP contribution in [0.25, 0.3) is 0 Å². The second kappa shape index (κ2) is 7.59. The molecule has 0 bridgehead atoms. The Morgan fingerprint density at radius 2 is 1.33 bits per heavy atom. The first-order valence-electron chi connectivity index (χ1n) is 8.53. The van der Waals surface area contributed by atoms with Gasteiger partial charge in [-0.15, -0.1) is 0 Å². The van der Waals surface area contributed by atoms with Crippen molar-refractivity contribution in [2.24, 2.45) is 0 Å². The van der Waals surface area contributed by atoms with E-state index in [2.05, 4.69) is 41.5 Å². The van der Waals surface area contributed by atoms with E-state index in [0.717, 1.165) is 29.5 Å². The minimum atomic E-state index is -3.16. The first-order valence-corrected chi connectivity index (χ1v) is 10.3. The van der Waals surface area contributed by atoms with E-state index < -0.39 is 7.60 Å². The predicted octanol–water partition coefficient (Wildman–Crippen LogP) is 5.75. The highest BCUT2D eigenvalue weighted by Gasteiger charge is 2.31. The molecule has 0 saturated heterocycles. The van der Waals surface area contributed by atoms with Crippen LogP contribution in [0.5, 0.6) is 5.75 Å². The van der Waals surface area contributed by atoms with Crippen LogP contribution in [-0.4, -0.2) is 19.3 Å². The van der Waals surface area contributed by atoms with E-state index in [1.54, 1.807) is 0 Å². The summed E-state index contributed by atoms with van der Waals surface area (Å²) in [5, 5.41) is 10.9. The maximum Gasteiger partial charge on any atom is 0.334 e. The summed E-state index contributed by atoms with van der Waals surface area (Å²) >= 11 is 0. The highest BCUT2D eigenvalue weighted by Crippen LogP contribution is 2.51. The molecule has 0 amide bonds. The molecule has 24 heavy (non-hydrogen) atoms. The highest BCUT2D eigenvalue weighted by atomic mass is 31.2. The Hall–Kier alpha value is -0.830. The zero-order chi connectivity index (χ0) is 18.8. The fourth-order valence-electron chi connectivity index (χ4n) is 2.63. The van der Waals surface area contributed by atoms with Gasteiger partial charge in [-0.2, -0.15) is 0 Å². The van der Waals surface area contributed by atoms with Crippen LogP contribution in [0.3, 0.4) is 0 Å². The highest BCUT2D eigenvalue weighted by molar-refractivity contribution is 7.52. The predicted molar refractivity (Wildman–Crippen MR) is 100 cm³/mol. The first kappa shape index (κ1) is 21.2. The Labute approximate surface area is 147 Å². The summed E-state index contributed by atoms with van der Waals surface area (Å²) < 4.78 is 22.8. The molecule has 4 nitrogen and oxygen atoms in total. The van der Waals surface area contributed by atoms with Crippen LogP contribution in [-0.2, 0) is 30.6 Å². The molecular formula is C19H33O4P. The number of phenolic OH excluding ortho intramolecular Hbond substituents is 1. The molecule has 0 aromatic heterocycles. The van der Waals surface area contributed by atoms with Crippen LogP contribution >= 0.6 is 7.60 Å². The second-order valence-electron chi connectivity index (χ2n) is 7.65. The van der Waals surface area contributed by atoms with Crippen LogP contribution in [0.1, 0.15) is 71.1 Å². The molecule has 1 N–H and O–H groups in total. The summed E-state index contributed by atoms with van der Waals surface area (Å²) in [6.07, 6.45) is 1.98. The Bertz CT molecular complexity index is 575. The number of rotatable bonds is 8. The Morgan fingerprint density at radius 1 is 0.958 bits per heavy atom. The van der Waals surface area contributed by atoms with Crippen LogP contribution in [0.4, 0.5) is 0 Å². The van der Waals surface area contributed by atoms with Gasteiger partial charge in [-0.1, -0.05) is 53.7 Å². The average molecular weight is 356 g/mol. The van der Waals surface area contributed by atoms with Gasteiger partial charge in [0.25, 0.3) is 0 Å². The van der Waals surface area contributed by atoms with Gasteiger partial charge >= 0.3 is 7.60 Å². The topological polar surface area (TPSA) is 55.8 Å². The molecule has 138 valence electrons. The molecule has 0 fully saturated rings. The smallest absolute Gasteiger partial charge is 0.334 e. The van der Waals surface area contributed by atoms with Crippen molar-refractivity contribution < 1.29 is 18.7 Å². The minimum Gasteiger partial charge on any atom is -0.507 e. The molecule has 5 heteroatoms. The van der Waals surface area contributed by atoms with Gasteiger partial charge in [0.1, 0.15) is 5.75 Å². The molecule has 0 aliphatic carbocycles. The monoisotopic (exact) mass is 356 g/mol. The van der Waals surface area contributed by atoms with Crippen LogP contribution in [0, 0.1) is 0 Å². The van der Waals surface area contributed by atoms with Crippen molar-refractivity contribution in [1.29, 1.82) is 0 Å². The third-order valence-electron chi connectivity index (χ3n) is 5.33. The standard InChI is InChI=1S/C19H33O4P/c1-9-18(3,4)15-11-14(13-24(21,22-7)23-8)12-16(17(15)20)19(5,6)10-2/h11-12,20H,9-10,13H2,1-8H3. The summed E-state index contributed by atoms with van der Waals surface area (Å²) in [6.45, 7) is 12.7. The second-order valence-corrected chi connectivity index (χ2v) is 9.92. The van der Waals surface area contributed by atoms with Crippen molar-refractivity contribution in [3.8, 4) is 5.75 Å². The van der Waals surface area contributed by atoms with E-state index in [0.29, 0.717) is 5.75 Å². The van der Waals surface area contributed by atoms with Crippen molar-refractivity contribution in [3.05, 3.63) is 28.8 Å². The van der Waals surface area contributed by atoms with Crippen molar-refractivity contribution in [2.75, 3.05) is 14.2 Å². The van der Waals surface area contributed by atoms with Gasteiger partial charge in [-0.05, 0) is 29.2 Å². The van der Waals surface area contributed by atoms with Crippen LogP contribution in [0.15, 0.2) is 12.1 Å². The van der Waals surface area contributed by atoms with Crippen molar-refractivity contribution in [2.45, 2.75) is 71.4 Å². The molecule has 0 radical (unpaired) electrons. The molecule has 1 aromatic rings. The molecular weight excluding hydrogens is 323 g/mol. The van der Waals surface area contributed by atoms with Gasteiger partial charge in [-0.25, -0.2) is 0 Å². The van der Waals surface area contributed by atoms with E-state index in [1.165, 1.54) is 14.2 Å². The lowest BCUT2D eigenvalue weighted by Crippen LogP contribution is -2.21. The molecule has 0 aliphatic heterocycles. The molecule has 1 rings (SSSR count). The van der Waals surface area contributed by atoms with Gasteiger partial charge in [0.05, 0.1) is 6.16 Å². The van der Waals surface area contributed by atoms with Gasteiger partial charge in [0, 0.05) is 25.3 Å². The maximum atomic E-state index is 12.6. The number of hydrogen-bond donors (Lipinski definition) is 1. The third-order valence-corrected chi connectivity index (χ3v) is 7.19. The van der Waals surface area contributed by atoms with Crippen molar-refractivity contribution in [3.63, 3.8) is 0 Å². The van der Waals surface area contributed by atoms with E-state index in [1.807, 2.05) is 12.1 Å². The number of benzene rings is 1. The zero-order valence-electron chi connectivity index (χ0n) is 16.4. The van der Waals surface area contributed by atoms with Crippen LogP contribution < -0.4 is 0 Å². The lowest BCUT2D eigenvalue weighted by Gasteiger charge is -2.31. The van der Waals surface area contributed by atoms with Gasteiger partial charge in [-0.3, -0.25) is 4.57 Å². The van der Waals surface area contributed by atoms with Crippen LogP contribution in [0.2, 0.25) is 0 Å². The van der Waals surface area contributed by atoms with Crippen molar-refractivity contribution in [1.82, 2.24) is 0 Å². The summed E-state index contributed by atoms with van der Waals surface area (Å²) in [5.41, 5.74) is 2.29. The largest absolute Gasteiger partial charge is 0.507 e. The molecule has 1 aromatic carbocycles. The number of aromatic hydroxyl groups is 1. The lowest BCUT2D eigenvalue weighted by atomic mass is 9.75. The average Bonchev–Trinajstić information content (AvgIpc) is 2.55. The fraction of sp³-hybridized carbons (Fsp3) is 0.684. The molecule has 0 saturated carbocycles. The third kappa shape index (κ3) is 4.41. The Balaban J connectivity index is 3.60. The molecule has 0 heterocycles. The minimum absolute atomic E-state index is 0.178. The summed E-state index contributed by atoms with van der Waals surface area (Å²) in [4.78, 5) is 0. The number of hydrogen-bond acceptors (Lipinski definition) is 4. The normalized spacial score (nSPS) is 13.3. The quantitative estimate of drug-likeness (QED) is 0.602. The zero-order valence-corrected chi connectivity index (χ0v) is 17.3. The molecule has 0 aliphatic rings. The summed E-state index contributed by atoms with van der Waals surface area (Å²) in [6, 6.07) is 3.89. The molecule has 0 atom stereocenters. The van der Waals surface area contributed by atoms with Gasteiger partial charge in [0.2, 0.25) is 0 Å². The lowest BCUT2D eigenvalue weighted by molar-refractivity contribution is 0.274. The van der Waals surface area contributed by atoms with E-state index in [4.69, 9.17) is 9.05 Å². The molecule has 0 unspecified atom stereocenters. The van der Waals surface area contributed by atoms with E-state index >= 15 is 0 Å². The SMILES string of the molecule is CCC(C)(C)c1cc(CP(=O)(OC)OC)cc(C(C)(C)CC)c1O. The Morgan fingerprint density at radius 3 is 1.62 bits per heavy atom. The first-order chi connectivity index (χ1) is 11.0. The Kier molecular flexibility index (Phi) is 6.71. The fourth-order valence-corrected chi connectivity index (χ4v) is 3.66.